The van der Waals surface area contributed by atoms with Crippen LogP contribution in [-0.4, -0.2) is 50.5 Å². The number of nitrogens with zero attached hydrogens (tertiary/aromatic N) is 3. The Morgan fingerprint density at radius 3 is 2.36 bits per heavy atom. The predicted molar refractivity (Wildman–Crippen MR) is 182 cm³/mol. The fourth-order valence-corrected chi connectivity index (χ4v) is 4.97. The third kappa shape index (κ3) is 8.45. The lowest BCUT2D eigenvalue weighted by atomic mass is 10.1. The minimum Gasteiger partial charge on any atom is -0.496 e. The number of amides is 3. The van der Waals surface area contributed by atoms with Crippen molar-refractivity contribution in [2.45, 2.75) is 20.5 Å². The molecule has 0 aliphatic carbocycles. The highest BCUT2D eigenvalue weighted by Gasteiger charge is 2.20. The Kier molecular flexibility index (Phi) is 12.2. The summed E-state index contributed by atoms with van der Waals surface area (Å²) in [6, 6.07) is 17.8. The summed E-state index contributed by atoms with van der Waals surface area (Å²) in [4.78, 5) is 44.3. The van der Waals surface area contributed by atoms with Crippen LogP contribution < -0.4 is 24.6 Å². The molecule has 0 atom stereocenters. The summed E-state index contributed by atoms with van der Waals surface area (Å²) in [6.45, 7) is 3.13. The topological polar surface area (TPSA) is 101 Å². The normalized spacial score (nSPS) is 10.7. The summed E-state index contributed by atoms with van der Waals surface area (Å²) in [5.41, 5.74) is 3.83. The standard InChI is InChI=1S/C33H32Cl2N4O5.ClH/c1-20-17-29(43-5)24-7-6-8-28(33(24)37-20)44-19-25-26(34)14-15-27(32(25)35)39(4)31(42)18-36-30(41)16-11-22-9-12-23(13-10-22)38(3)21(2)40;/h6-17H,18-19H2,1-5H3,(H,36,41);1H. The van der Waals surface area contributed by atoms with Crippen molar-refractivity contribution in [3.05, 3.63) is 93.6 Å². The van der Waals surface area contributed by atoms with Crippen molar-refractivity contribution in [1.29, 1.82) is 0 Å². The van der Waals surface area contributed by atoms with Gasteiger partial charge in [-0.15, -0.1) is 12.4 Å². The number of ether oxygens (including phenoxy) is 2. The van der Waals surface area contributed by atoms with Crippen LogP contribution in [0.1, 0.15) is 23.7 Å². The molecule has 45 heavy (non-hydrogen) atoms. The van der Waals surface area contributed by atoms with E-state index >= 15 is 0 Å². The third-order valence-corrected chi connectivity index (χ3v) is 7.76. The predicted octanol–water partition coefficient (Wildman–Crippen LogP) is 6.63. The SMILES string of the molecule is COc1cc(C)nc2c(OCc3c(Cl)ccc(N(C)C(=O)CNC(=O)C=Cc4ccc(N(C)C(C)=O)cc4)c3Cl)cccc12.Cl. The number of nitrogens with one attached hydrogen (secondary N) is 1. The second-order valence-corrected chi connectivity index (χ2v) is 10.7. The molecule has 3 amide bonds. The number of aromatic nitrogens is 1. The van der Waals surface area contributed by atoms with Crippen LogP contribution in [0.3, 0.4) is 0 Å². The van der Waals surface area contributed by atoms with Gasteiger partial charge in [0.25, 0.3) is 0 Å². The Labute approximate surface area is 278 Å². The molecule has 0 radical (unpaired) electrons. The average molecular weight is 672 g/mol. The maximum Gasteiger partial charge on any atom is 0.246 e. The molecule has 0 saturated heterocycles. The number of halogens is 3. The first-order valence-electron chi connectivity index (χ1n) is 13.6. The van der Waals surface area contributed by atoms with Crippen molar-refractivity contribution < 1.29 is 23.9 Å². The van der Waals surface area contributed by atoms with E-state index in [0.717, 1.165) is 22.3 Å². The summed E-state index contributed by atoms with van der Waals surface area (Å²) < 4.78 is 11.6. The fraction of sp³-hybridized carbons (Fsp3) is 0.212. The highest BCUT2D eigenvalue weighted by atomic mass is 35.5. The first-order chi connectivity index (χ1) is 21.0. The molecular weight excluding hydrogens is 639 g/mol. The van der Waals surface area contributed by atoms with E-state index in [4.69, 9.17) is 32.7 Å². The zero-order valence-electron chi connectivity index (χ0n) is 25.4. The number of likely N-dealkylation sites (N-methyl/N-ethyl adjacent to an activating group) is 1. The summed E-state index contributed by atoms with van der Waals surface area (Å²) in [5, 5.41) is 4.02. The lowest BCUT2D eigenvalue weighted by Gasteiger charge is -2.21. The highest BCUT2D eigenvalue weighted by molar-refractivity contribution is 6.38. The van der Waals surface area contributed by atoms with E-state index in [0.29, 0.717) is 33.3 Å². The zero-order chi connectivity index (χ0) is 32.0. The summed E-state index contributed by atoms with van der Waals surface area (Å²) in [7, 11) is 4.85. The molecule has 4 rings (SSSR count). The number of carbonyl (C=O) groups is 3. The largest absolute Gasteiger partial charge is 0.496 e. The van der Waals surface area contributed by atoms with Gasteiger partial charge in [0.2, 0.25) is 17.7 Å². The van der Waals surface area contributed by atoms with Gasteiger partial charge in [-0.3, -0.25) is 14.4 Å². The number of fused-ring (bicyclic) bond motifs is 1. The second kappa shape index (κ2) is 15.6. The van der Waals surface area contributed by atoms with E-state index in [1.54, 1.807) is 69.7 Å². The Bertz CT molecular complexity index is 1750. The number of rotatable bonds is 10. The minimum atomic E-state index is -0.441. The first-order valence-corrected chi connectivity index (χ1v) is 14.4. The Morgan fingerprint density at radius 1 is 0.978 bits per heavy atom. The Hall–Kier alpha value is -4.31. The van der Waals surface area contributed by atoms with E-state index in [1.165, 1.54) is 22.8 Å². The van der Waals surface area contributed by atoms with Gasteiger partial charge >= 0.3 is 0 Å². The van der Waals surface area contributed by atoms with Crippen molar-refractivity contribution in [3.8, 4) is 11.5 Å². The van der Waals surface area contributed by atoms with Gasteiger partial charge in [-0.2, -0.15) is 0 Å². The molecule has 0 aliphatic rings. The van der Waals surface area contributed by atoms with Gasteiger partial charge in [0, 0.05) is 60.5 Å². The van der Waals surface area contributed by atoms with Crippen LogP contribution in [0, 0.1) is 6.92 Å². The maximum atomic E-state index is 13.0. The molecule has 0 aliphatic heterocycles. The Balaban J connectivity index is 0.00000552. The van der Waals surface area contributed by atoms with Crippen LogP contribution in [0.5, 0.6) is 11.5 Å². The molecule has 3 aromatic carbocycles. The van der Waals surface area contributed by atoms with Gasteiger partial charge in [0.05, 0.1) is 24.4 Å². The van der Waals surface area contributed by atoms with Gasteiger partial charge in [0.1, 0.15) is 23.6 Å². The van der Waals surface area contributed by atoms with E-state index in [1.807, 2.05) is 25.1 Å². The smallest absolute Gasteiger partial charge is 0.246 e. The van der Waals surface area contributed by atoms with Crippen LogP contribution >= 0.6 is 35.6 Å². The average Bonchev–Trinajstić information content (AvgIpc) is 3.01. The van der Waals surface area contributed by atoms with E-state index in [2.05, 4.69) is 10.3 Å². The van der Waals surface area contributed by atoms with Gasteiger partial charge in [0.15, 0.2) is 0 Å². The van der Waals surface area contributed by atoms with Gasteiger partial charge in [-0.1, -0.05) is 41.4 Å². The van der Waals surface area contributed by atoms with Crippen LogP contribution in [0.15, 0.2) is 66.7 Å². The monoisotopic (exact) mass is 670 g/mol. The molecule has 0 fully saturated rings. The molecule has 4 aromatic rings. The number of carbonyl (C=O) groups excluding carboxylic acids is 3. The van der Waals surface area contributed by atoms with Gasteiger partial charge < -0.3 is 24.6 Å². The molecule has 12 heteroatoms. The molecule has 0 unspecified atom stereocenters. The van der Waals surface area contributed by atoms with E-state index in [9.17, 15) is 14.4 Å². The summed E-state index contributed by atoms with van der Waals surface area (Å²) >= 11 is 13.2. The second-order valence-electron chi connectivity index (χ2n) is 9.94. The lowest BCUT2D eigenvalue weighted by molar-refractivity contribution is -0.122. The molecule has 0 saturated carbocycles. The van der Waals surface area contributed by atoms with Crippen molar-refractivity contribution in [2.24, 2.45) is 0 Å². The number of anilines is 2. The number of pyridine rings is 1. The Morgan fingerprint density at radius 2 is 1.69 bits per heavy atom. The molecule has 1 aromatic heterocycles. The third-order valence-electron chi connectivity index (χ3n) is 6.98. The number of hydrogen-bond acceptors (Lipinski definition) is 6. The number of aryl methyl sites for hydroxylation is 1. The van der Waals surface area contributed by atoms with Crippen molar-refractivity contribution >= 4 is 81.7 Å². The quantitative estimate of drug-likeness (QED) is 0.190. The van der Waals surface area contributed by atoms with Gasteiger partial charge in [-0.05, 0) is 55.0 Å². The molecular formula is C33H33Cl3N4O5. The van der Waals surface area contributed by atoms with Crippen LogP contribution in [0.25, 0.3) is 17.0 Å². The van der Waals surface area contributed by atoms with Crippen molar-refractivity contribution in [2.75, 3.05) is 37.5 Å². The number of methoxy groups -OCH3 is 1. The van der Waals surface area contributed by atoms with Gasteiger partial charge in [-0.25, -0.2) is 4.98 Å². The maximum absolute atomic E-state index is 13.0. The van der Waals surface area contributed by atoms with E-state index < -0.39 is 5.91 Å². The highest BCUT2D eigenvalue weighted by Crippen LogP contribution is 2.36. The summed E-state index contributed by atoms with van der Waals surface area (Å²) in [6.07, 6.45) is 2.95. The first kappa shape index (κ1) is 35.2. The summed E-state index contributed by atoms with van der Waals surface area (Å²) in [5.74, 6) is 0.304. The van der Waals surface area contributed by atoms with Crippen LogP contribution in [0.2, 0.25) is 10.0 Å². The van der Waals surface area contributed by atoms with Crippen LogP contribution in [0.4, 0.5) is 11.4 Å². The molecule has 1 heterocycles. The molecule has 236 valence electrons. The molecule has 0 spiro atoms. The number of para-hydroxylation sites is 1. The molecule has 9 nitrogen and oxygen atoms in total. The van der Waals surface area contributed by atoms with E-state index in [-0.39, 0.29) is 42.4 Å². The minimum absolute atomic E-state index is 0. The fourth-order valence-electron chi connectivity index (χ4n) is 4.36. The molecule has 0 bridgehead atoms. The van der Waals surface area contributed by atoms with Crippen molar-refractivity contribution in [3.63, 3.8) is 0 Å². The molecule has 1 N–H and O–H groups in total. The van der Waals surface area contributed by atoms with Crippen LogP contribution in [-0.2, 0) is 21.0 Å². The lowest BCUT2D eigenvalue weighted by Crippen LogP contribution is -2.37. The number of benzene rings is 3. The van der Waals surface area contributed by atoms with Crippen molar-refractivity contribution in [1.82, 2.24) is 10.3 Å². The zero-order valence-corrected chi connectivity index (χ0v) is 27.7. The number of hydrogen-bond donors (Lipinski definition) is 1.